The van der Waals surface area contributed by atoms with Crippen LogP contribution in [0.25, 0.3) is 0 Å². The Morgan fingerprint density at radius 2 is 1.89 bits per heavy atom. The lowest BCUT2D eigenvalue weighted by Gasteiger charge is -2.12. The fourth-order valence-electron chi connectivity index (χ4n) is 1.81. The molecule has 2 rings (SSSR count). The van der Waals surface area contributed by atoms with E-state index in [0.717, 1.165) is 0 Å². The first-order chi connectivity index (χ1) is 8.99. The van der Waals surface area contributed by atoms with E-state index in [4.69, 9.17) is 0 Å². The number of nitrogens with zero attached hydrogens (tertiary/aromatic N) is 4. The number of rotatable bonds is 3. The van der Waals surface area contributed by atoms with Crippen molar-refractivity contribution in [2.45, 2.75) is 33.7 Å². The van der Waals surface area contributed by atoms with E-state index in [9.17, 15) is 4.79 Å². The molecular weight excluding hydrogens is 244 g/mol. The Kier molecular flexibility index (Phi) is 3.55. The van der Waals surface area contributed by atoms with Crippen LogP contribution in [0.1, 0.15) is 46.4 Å². The van der Waals surface area contributed by atoms with Crippen LogP contribution >= 0.6 is 0 Å². The van der Waals surface area contributed by atoms with Crippen molar-refractivity contribution >= 4 is 5.91 Å². The van der Waals surface area contributed by atoms with Crippen LogP contribution in [0.15, 0.2) is 6.33 Å². The molecule has 0 aliphatic heterocycles. The molecule has 0 fully saturated rings. The molecule has 0 radical (unpaired) electrons. The molecule has 0 aliphatic rings. The molecule has 0 saturated heterocycles. The molecule has 2 aromatic rings. The Bertz CT molecular complexity index is 586. The molecule has 7 heteroatoms. The highest BCUT2D eigenvalue weighted by molar-refractivity contribution is 5.96. The lowest BCUT2D eigenvalue weighted by Crippen LogP contribution is -2.29. The highest BCUT2D eigenvalue weighted by Gasteiger charge is 2.18. The Labute approximate surface area is 110 Å². The van der Waals surface area contributed by atoms with Gasteiger partial charge >= 0.3 is 0 Å². The minimum absolute atomic E-state index is 0.217. The summed E-state index contributed by atoms with van der Waals surface area (Å²) in [5.74, 6) is 1.05. The van der Waals surface area contributed by atoms with Gasteiger partial charge in [-0.3, -0.25) is 9.89 Å². The van der Waals surface area contributed by atoms with Crippen LogP contribution in [0.2, 0.25) is 0 Å². The van der Waals surface area contributed by atoms with Crippen molar-refractivity contribution in [1.82, 2.24) is 30.5 Å². The van der Waals surface area contributed by atoms with Crippen LogP contribution in [0.4, 0.5) is 0 Å². The second-order valence-corrected chi connectivity index (χ2v) is 4.39. The Morgan fingerprint density at radius 1 is 1.26 bits per heavy atom. The van der Waals surface area contributed by atoms with Gasteiger partial charge in [0.2, 0.25) is 0 Å². The molecule has 7 nitrogen and oxygen atoms in total. The van der Waals surface area contributed by atoms with Crippen molar-refractivity contribution in [3.63, 3.8) is 0 Å². The molecule has 0 spiro atoms. The maximum Gasteiger partial charge on any atom is 0.255 e. The number of H-pyrrole nitrogens is 1. The van der Waals surface area contributed by atoms with Crippen molar-refractivity contribution in [2.24, 2.45) is 0 Å². The summed E-state index contributed by atoms with van der Waals surface area (Å²) in [4.78, 5) is 24.5. The first-order valence-corrected chi connectivity index (χ1v) is 5.97. The van der Waals surface area contributed by atoms with E-state index in [1.54, 1.807) is 13.8 Å². The summed E-state index contributed by atoms with van der Waals surface area (Å²) in [5, 5.41) is 9.62. The molecular formula is C12H16N6O. The van der Waals surface area contributed by atoms with Gasteiger partial charge < -0.3 is 5.32 Å². The van der Waals surface area contributed by atoms with Gasteiger partial charge in [0.1, 0.15) is 12.2 Å². The number of carbonyl (C=O) groups is 1. The molecule has 2 aromatic heterocycles. The fraction of sp³-hybridized carbons (Fsp3) is 0.417. The van der Waals surface area contributed by atoms with E-state index in [2.05, 4.69) is 30.5 Å². The smallest absolute Gasteiger partial charge is 0.255 e. The number of nitrogens with one attached hydrogen (secondary N) is 2. The normalized spacial score (nSPS) is 12.2. The molecule has 0 aliphatic carbocycles. The molecule has 0 unspecified atom stereocenters. The third kappa shape index (κ3) is 2.75. The molecule has 0 bridgehead atoms. The molecule has 2 heterocycles. The third-order valence-electron chi connectivity index (χ3n) is 2.80. The summed E-state index contributed by atoms with van der Waals surface area (Å²) in [6, 6.07) is -0.281. The van der Waals surface area contributed by atoms with Crippen molar-refractivity contribution in [3.05, 3.63) is 34.9 Å². The number of aromatic nitrogens is 5. The van der Waals surface area contributed by atoms with E-state index in [0.29, 0.717) is 28.6 Å². The van der Waals surface area contributed by atoms with Crippen molar-refractivity contribution in [2.75, 3.05) is 0 Å². The second-order valence-electron chi connectivity index (χ2n) is 4.39. The van der Waals surface area contributed by atoms with Gasteiger partial charge in [-0.15, -0.1) is 0 Å². The largest absolute Gasteiger partial charge is 0.342 e. The van der Waals surface area contributed by atoms with Crippen molar-refractivity contribution in [3.8, 4) is 0 Å². The van der Waals surface area contributed by atoms with Gasteiger partial charge in [0.15, 0.2) is 5.82 Å². The Hall–Kier alpha value is -2.31. The summed E-state index contributed by atoms with van der Waals surface area (Å²) in [7, 11) is 0. The van der Waals surface area contributed by atoms with E-state index in [1.165, 1.54) is 6.33 Å². The number of hydrogen-bond donors (Lipinski definition) is 2. The molecule has 1 atom stereocenters. The van der Waals surface area contributed by atoms with E-state index < -0.39 is 0 Å². The predicted octanol–water partition coefficient (Wildman–Crippen LogP) is 1.01. The Morgan fingerprint density at radius 3 is 2.42 bits per heavy atom. The predicted molar refractivity (Wildman–Crippen MR) is 68.5 cm³/mol. The van der Waals surface area contributed by atoms with Gasteiger partial charge in [-0.25, -0.2) is 15.0 Å². The highest BCUT2D eigenvalue weighted by Crippen LogP contribution is 2.11. The number of aryl methyl sites for hydroxylation is 3. The number of amides is 1. The van der Waals surface area contributed by atoms with Gasteiger partial charge in [0.05, 0.1) is 23.0 Å². The summed E-state index contributed by atoms with van der Waals surface area (Å²) in [6.45, 7) is 7.20. The second kappa shape index (κ2) is 5.13. The summed E-state index contributed by atoms with van der Waals surface area (Å²) < 4.78 is 0. The minimum atomic E-state index is -0.281. The van der Waals surface area contributed by atoms with Crippen molar-refractivity contribution in [1.29, 1.82) is 0 Å². The molecule has 100 valence electrons. The standard InChI is InChI=1S/C12H16N6O/c1-6-10(7(2)14-5-13-6)12(19)15-8(3)11-16-9(4)17-18-11/h5,8H,1-4H3,(H,15,19)(H,16,17,18)/t8-/m1/s1. The van der Waals surface area contributed by atoms with Gasteiger partial charge in [-0.1, -0.05) is 0 Å². The van der Waals surface area contributed by atoms with Gasteiger partial charge in [0, 0.05) is 0 Å². The zero-order valence-electron chi connectivity index (χ0n) is 11.4. The average Bonchev–Trinajstić information content (AvgIpc) is 2.75. The van der Waals surface area contributed by atoms with Crippen LogP contribution in [0.5, 0.6) is 0 Å². The van der Waals surface area contributed by atoms with Crippen LogP contribution in [-0.4, -0.2) is 31.1 Å². The number of carbonyl (C=O) groups excluding carboxylic acids is 1. The average molecular weight is 260 g/mol. The van der Waals surface area contributed by atoms with Gasteiger partial charge in [0.25, 0.3) is 5.91 Å². The topological polar surface area (TPSA) is 96.5 Å². The lowest BCUT2D eigenvalue weighted by molar-refractivity contribution is 0.0936. The van der Waals surface area contributed by atoms with E-state index in [1.807, 2.05) is 13.8 Å². The first kappa shape index (κ1) is 13.1. The van der Waals surface area contributed by atoms with E-state index >= 15 is 0 Å². The summed E-state index contributed by atoms with van der Waals surface area (Å²) in [6.07, 6.45) is 1.45. The maximum absolute atomic E-state index is 12.2. The third-order valence-corrected chi connectivity index (χ3v) is 2.80. The minimum Gasteiger partial charge on any atom is -0.342 e. The zero-order chi connectivity index (χ0) is 14.0. The van der Waals surface area contributed by atoms with Crippen LogP contribution < -0.4 is 5.32 Å². The SMILES string of the molecule is Cc1nc([C@@H](C)NC(=O)c2c(C)ncnc2C)n[nH]1. The van der Waals surface area contributed by atoms with E-state index in [-0.39, 0.29) is 11.9 Å². The molecule has 2 N–H and O–H groups in total. The number of hydrogen-bond acceptors (Lipinski definition) is 5. The fourth-order valence-corrected chi connectivity index (χ4v) is 1.81. The van der Waals surface area contributed by atoms with Crippen LogP contribution in [-0.2, 0) is 0 Å². The van der Waals surface area contributed by atoms with Crippen molar-refractivity contribution < 1.29 is 4.79 Å². The quantitative estimate of drug-likeness (QED) is 0.858. The highest BCUT2D eigenvalue weighted by atomic mass is 16.1. The summed E-state index contributed by atoms with van der Waals surface area (Å²) >= 11 is 0. The van der Waals surface area contributed by atoms with Crippen LogP contribution in [0.3, 0.4) is 0 Å². The molecule has 19 heavy (non-hydrogen) atoms. The molecule has 0 saturated carbocycles. The summed E-state index contributed by atoms with van der Waals surface area (Å²) in [5.41, 5.74) is 1.81. The van der Waals surface area contributed by atoms with Gasteiger partial charge in [-0.2, -0.15) is 5.10 Å². The van der Waals surface area contributed by atoms with Gasteiger partial charge in [-0.05, 0) is 27.7 Å². The molecule has 1 amide bonds. The zero-order valence-corrected chi connectivity index (χ0v) is 11.4. The maximum atomic E-state index is 12.2. The monoisotopic (exact) mass is 260 g/mol. The van der Waals surface area contributed by atoms with Crippen LogP contribution in [0, 0.1) is 20.8 Å². The lowest BCUT2D eigenvalue weighted by atomic mass is 10.1. The number of aromatic amines is 1. The Balaban J connectivity index is 2.17. The molecule has 0 aromatic carbocycles. The first-order valence-electron chi connectivity index (χ1n) is 5.97.